The first-order chi connectivity index (χ1) is 10.0. The third-order valence-corrected chi connectivity index (χ3v) is 6.77. The second-order valence-electron chi connectivity index (χ2n) is 6.72. The SMILES string of the molecule is CS(=O)(=O)C1CCCC(C(CCC2CCCCO2)NN)C1. The minimum atomic E-state index is -2.93. The van der Waals surface area contributed by atoms with Gasteiger partial charge in [-0.3, -0.25) is 11.3 Å². The summed E-state index contributed by atoms with van der Waals surface area (Å²) >= 11 is 0. The van der Waals surface area contributed by atoms with Crippen molar-refractivity contribution in [3.05, 3.63) is 0 Å². The fourth-order valence-corrected chi connectivity index (χ4v) is 4.98. The molecule has 1 saturated carbocycles. The number of ether oxygens (including phenoxy) is 1. The largest absolute Gasteiger partial charge is 0.378 e. The molecule has 2 fully saturated rings. The van der Waals surface area contributed by atoms with E-state index in [0.29, 0.717) is 12.0 Å². The van der Waals surface area contributed by atoms with Crippen LogP contribution in [0.25, 0.3) is 0 Å². The molecule has 1 aliphatic carbocycles. The summed E-state index contributed by atoms with van der Waals surface area (Å²) in [7, 11) is -2.93. The topological polar surface area (TPSA) is 81.4 Å². The lowest BCUT2D eigenvalue weighted by atomic mass is 9.81. The highest BCUT2D eigenvalue weighted by molar-refractivity contribution is 7.91. The molecule has 1 aliphatic heterocycles. The molecule has 0 spiro atoms. The lowest BCUT2D eigenvalue weighted by Crippen LogP contribution is -2.44. The molecular weight excluding hydrogens is 288 g/mol. The predicted octanol–water partition coefficient (Wildman–Crippen LogP) is 1.77. The van der Waals surface area contributed by atoms with E-state index in [1.54, 1.807) is 0 Å². The highest BCUT2D eigenvalue weighted by Gasteiger charge is 2.33. The third kappa shape index (κ3) is 5.20. The molecule has 5 nitrogen and oxygen atoms in total. The van der Waals surface area contributed by atoms with Gasteiger partial charge < -0.3 is 4.74 Å². The molecule has 1 heterocycles. The fourth-order valence-electron chi connectivity index (χ4n) is 3.79. The Morgan fingerprint density at radius 1 is 1.24 bits per heavy atom. The van der Waals surface area contributed by atoms with E-state index in [2.05, 4.69) is 5.43 Å². The van der Waals surface area contributed by atoms with E-state index in [1.807, 2.05) is 0 Å². The molecule has 124 valence electrons. The normalized spacial score (nSPS) is 32.8. The van der Waals surface area contributed by atoms with Crippen molar-refractivity contribution in [1.82, 2.24) is 5.43 Å². The fraction of sp³-hybridized carbons (Fsp3) is 1.00. The number of hydrazine groups is 1. The van der Waals surface area contributed by atoms with Gasteiger partial charge in [-0.1, -0.05) is 6.42 Å². The summed E-state index contributed by atoms with van der Waals surface area (Å²) in [5, 5.41) is -0.182. The van der Waals surface area contributed by atoms with Crippen molar-refractivity contribution in [2.75, 3.05) is 12.9 Å². The molecule has 2 rings (SSSR count). The Kier molecular flexibility index (Phi) is 6.47. The van der Waals surface area contributed by atoms with E-state index in [-0.39, 0.29) is 11.3 Å². The Labute approximate surface area is 128 Å². The molecule has 0 aromatic heterocycles. The number of hydrogen-bond donors (Lipinski definition) is 2. The van der Waals surface area contributed by atoms with Crippen LogP contribution in [0.2, 0.25) is 0 Å². The Hall–Kier alpha value is -0.170. The Bertz CT molecular complexity index is 407. The van der Waals surface area contributed by atoms with E-state index >= 15 is 0 Å². The van der Waals surface area contributed by atoms with E-state index in [1.165, 1.54) is 19.1 Å². The van der Waals surface area contributed by atoms with Gasteiger partial charge >= 0.3 is 0 Å². The van der Waals surface area contributed by atoms with Gasteiger partial charge in [0.25, 0.3) is 0 Å². The zero-order chi connectivity index (χ0) is 15.3. The van der Waals surface area contributed by atoms with Crippen LogP contribution in [-0.2, 0) is 14.6 Å². The molecule has 6 heteroatoms. The first kappa shape index (κ1) is 17.2. The zero-order valence-electron chi connectivity index (χ0n) is 13.1. The molecule has 0 bridgehead atoms. The highest BCUT2D eigenvalue weighted by Crippen LogP contribution is 2.32. The highest BCUT2D eigenvalue weighted by atomic mass is 32.2. The zero-order valence-corrected chi connectivity index (χ0v) is 13.9. The summed E-state index contributed by atoms with van der Waals surface area (Å²) in [6.45, 7) is 0.880. The van der Waals surface area contributed by atoms with Crippen LogP contribution >= 0.6 is 0 Å². The van der Waals surface area contributed by atoms with Crippen LogP contribution in [0.1, 0.15) is 57.8 Å². The average molecular weight is 318 g/mol. The number of nitrogens with one attached hydrogen (secondary N) is 1. The van der Waals surface area contributed by atoms with Crippen molar-refractivity contribution < 1.29 is 13.2 Å². The molecule has 4 unspecified atom stereocenters. The van der Waals surface area contributed by atoms with Crippen LogP contribution in [0.3, 0.4) is 0 Å². The van der Waals surface area contributed by atoms with Crippen LogP contribution in [0.5, 0.6) is 0 Å². The lowest BCUT2D eigenvalue weighted by molar-refractivity contribution is 0.00706. The molecule has 0 radical (unpaired) electrons. The molecule has 3 N–H and O–H groups in total. The smallest absolute Gasteiger partial charge is 0.150 e. The molecule has 1 saturated heterocycles. The second-order valence-corrected chi connectivity index (χ2v) is 9.04. The molecule has 0 aromatic rings. The molecule has 0 amide bonds. The van der Waals surface area contributed by atoms with Gasteiger partial charge in [-0.2, -0.15) is 0 Å². The maximum Gasteiger partial charge on any atom is 0.150 e. The van der Waals surface area contributed by atoms with E-state index in [0.717, 1.165) is 51.6 Å². The monoisotopic (exact) mass is 318 g/mol. The maximum atomic E-state index is 11.8. The number of hydrogen-bond acceptors (Lipinski definition) is 5. The van der Waals surface area contributed by atoms with Gasteiger partial charge in [0.2, 0.25) is 0 Å². The summed E-state index contributed by atoms with van der Waals surface area (Å²) in [6, 6.07) is 0.208. The first-order valence-electron chi connectivity index (χ1n) is 8.27. The number of nitrogens with two attached hydrogens (primary N) is 1. The average Bonchev–Trinajstić information content (AvgIpc) is 2.48. The summed E-state index contributed by atoms with van der Waals surface area (Å²) in [5.74, 6) is 6.10. The minimum absolute atomic E-state index is 0.182. The standard InChI is InChI=1S/C15H30N2O3S/c1-21(18,19)14-7-4-5-12(11-14)15(17-16)9-8-13-6-2-3-10-20-13/h12-15,17H,2-11,16H2,1H3. The lowest BCUT2D eigenvalue weighted by Gasteiger charge is -2.34. The summed E-state index contributed by atoms with van der Waals surface area (Å²) in [5.41, 5.74) is 2.93. The van der Waals surface area contributed by atoms with Crippen molar-refractivity contribution in [2.45, 2.75) is 75.2 Å². The first-order valence-corrected chi connectivity index (χ1v) is 10.2. The van der Waals surface area contributed by atoms with Gasteiger partial charge in [0.1, 0.15) is 9.84 Å². The van der Waals surface area contributed by atoms with Crippen molar-refractivity contribution in [3.63, 3.8) is 0 Å². The van der Waals surface area contributed by atoms with Gasteiger partial charge in [-0.05, 0) is 57.3 Å². The van der Waals surface area contributed by atoms with Crippen molar-refractivity contribution in [3.8, 4) is 0 Å². The predicted molar refractivity (Wildman–Crippen MR) is 84.5 cm³/mol. The van der Waals surface area contributed by atoms with E-state index in [9.17, 15) is 8.42 Å². The Balaban J connectivity index is 1.84. The minimum Gasteiger partial charge on any atom is -0.378 e. The van der Waals surface area contributed by atoms with Crippen LogP contribution in [0, 0.1) is 5.92 Å². The molecular formula is C15H30N2O3S. The molecule has 0 aromatic carbocycles. The third-order valence-electron chi connectivity index (χ3n) is 5.13. The number of rotatable bonds is 6. The van der Waals surface area contributed by atoms with Crippen molar-refractivity contribution >= 4 is 9.84 Å². The van der Waals surface area contributed by atoms with Crippen molar-refractivity contribution in [1.29, 1.82) is 0 Å². The van der Waals surface area contributed by atoms with Gasteiger partial charge in [-0.15, -0.1) is 0 Å². The van der Waals surface area contributed by atoms with Gasteiger partial charge in [-0.25, -0.2) is 8.42 Å². The van der Waals surface area contributed by atoms with Gasteiger partial charge in [0, 0.05) is 18.9 Å². The molecule has 4 atom stereocenters. The summed E-state index contributed by atoms with van der Waals surface area (Å²) in [4.78, 5) is 0. The Morgan fingerprint density at radius 2 is 2.05 bits per heavy atom. The van der Waals surface area contributed by atoms with Gasteiger partial charge in [0.15, 0.2) is 0 Å². The quantitative estimate of drug-likeness (QED) is 0.576. The molecule has 2 aliphatic rings. The van der Waals surface area contributed by atoms with Crippen LogP contribution < -0.4 is 11.3 Å². The summed E-state index contributed by atoms with van der Waals surface area (Å²) < 4.78 is 29.3. The maximum absolute atomic E-state index is 11.8. The summed E-state index contributed by atoms with van der Waals surface area (Å²) in [6.07, 6.45) is 10.9. The van der Waals surface area contributed by atoms with Crippen molar-refractivity contribution in [2.24, 2.45) is 11.8 Å². The van der Waals surface area contributed by atoms with Crippen LogP contribution in [0.4, 0.5) is 0 Å². The van der Waals surface area contributed by atoms with Crippen LogP contribution in [-0.4, -0.2) is 38.7 Å². The number of sulfone groups is 1. The van der Waals surface area contributed by atoms with E-state index < -0.39 is 9.84 Å². The van der Waals surface area contributed by atoms with Gasteiger partial charge in [0.05, 0.1) is 11.4 Å². The van der Waals surface area contributed by atoms with Crippen LogP contribution in [0.15, 0.2) is 0 Å². The Morgan fingerprint density at radius 3 is 2.67 bits per heavy atom. The second kappa shape index (κ2) is 7.90. The molecule has 21 heavy (non-hydrogen) atoms. The van der Waals surface area contributed by atoms with E-state index in [4.69, 9.17) is 10.6 Å².